The van der Waals surface area contributed by atoms with Crippen LogP contribution >= 0.6 is 0 Å². The van der Waals surface area contributed by atoms with E-state index in [0.29, 0.717) is 12.2 Å². The van der Waals surface area contributed by atoms with Gasteiger partial charge in [0.25, 0.3) is 0 Å². The Balaban J connectivity index is 1.98. The lowest BCUT2D eigenvalue weighted by Gasteiger charge is -2.11. The average molecular weight is 210 g/mol. The van der Waals surface area contributed by atoms with Crippen molar-refractivity contribution in [3.63, 3.8) is 0 Å². The minimum absolute atomic E-state index is 0.129. The van der Waals surface area contributed by atoms with Crippen LogP contribution in [0, 0.1) is 11.7 Å². The van der Waals surface area contributed by atoms with Gasteiger partial charge in [0, 0.05) is 6.42 Å². The Morgan fingerprint density at radius 2 is 2.07 bits per heavy atom. The van der Waals surface area contributed by atoms with Crippen LogP contribution in [0.15, 0.2) is 24.3 Å². The second-order valence-electron chi connectivity index (χ2n) is 3.57. The second-order valence-corrected chi connectivity index (χ2v) is 3.57. The van der Waals surface area contributed by atoms with Crippen molar-refractivity contribution in [1.29, 1.82) is 0 Å². The maximum absolute atomic E-state index is 12.6. The molecule has 1 aliphatic rings. The molecule has 3 nitrogen and oxygen atoms in total. The molecule has 80 valence electrons. The Hall–Kier alpha value is -1.58. The van der Waals surface area contributed by atoms with E-state index in [1.54, 1.807) is 6.92 Å². The van der Waals surface area contributed by atoms with Gasteiger partial charge in [0.1, 0.15) is 11.6 Å². The number of benzene rings is 1. The van der Waals surface area contributed by atoms with Crippen LogP contribution in [0.5, 0.6) is 5.75 Å². The smallest absolute Gasteiger partial charge is 0.312 e. The lowest BCUT2D eigenvalue weighted by molar-refractivity contribution is -0.152. The maximum Gasteiger partial charge on any atom is 0.312 e. The molecular weight excluding hydrogens is 199 g/mol. The van der Waals surface area contributed by atoms with E-state index in [1.807, 2.05) is 0 Å². The van der Waals surface area contributed by atoms with Gasteiger partial charge in [0.15, 0.2) is 0 Å². The molecular formula is C11H11FO3. The molecule has 1 aromatic rings. The predicted molar refractivity (Wildman–Crippen MR) is 50.7 cm³/mol. The van der Waals surface area contributed by atoms with Crippen molar-refractivity contribution >= 4 is 5.97 Å². The van der Waals surface area contributed by atoms with Crippen LogP contribution in [0.4, 0.5) is 4.39 Å². The first kappa shape index (κ1) is 9.96. The van der Waals surface area contributed by atoms with Crippen molar-refractivity contribution in [2.45, 2.75) is 19.6 Å². The number of halogens is 1. The highest BCUT2D eigenvalue weighted by Gasteiger charge is 2.32. The van der Waals surface area contributed by atoms with E-state index in [4.69, 9.17) is 9.47 Å². The summed E-state index contributed by atoms with van der Waals surface area (Å²) in [5, 5.41) is 0. The highest BCUT2D eigenvalue weighted by atomic mass is 19.1. The molecule has 1 unspecified atom stereocenters. The van der Waals surface area contributed by atoms with E-state index >= 15 is 0 Å². The molecule has 2 rings (SSSR count). The summed E-state index contributed by atoms with van der Waals surface area (Å²) in [4.78, 5) is 11.1. The van der Waals surface area contributed by atoms with E-state index in [9.17, 15) is 9.18 Å². The summed E-state index contributed by atoms with van der Waals surface area (Å²) in [6, 6.07) is 5.61. The van der Waals surface area contributed by atoms with Gasteiger partial charge in [0.2, 0.25) is 6.29 Å². The van der Waals surface area contributed by atoms with Crippen LogP contribution in [0.25, 0.3) is 0 Å². The number of hydrogen-bond donors (Lipinski definition) is 0. The Morgan fingerprint density at radius 3 is 2.60 bits per heavy atom. The number of cyclic esters (lactones) is 1. The van der Waals surface area contributed by atoms with Gasteiger partial charge in [-0.3, -0.25) is 4.79 Å². The largest absolute Gasteiger partial charge is 0.455 e. The molecule has 0 bridgehead atoms. The van der Waals surface area contributed by atoms with E-state index < -0.39 is 6.29 Å². The monoisotopic (exact) mass is 210 g/mol. The molecule has 1 aromatic carbocycles. The first-order chi connectivity index (χ1) is 7.15. The third kappa shape index (κ3) is 2.26. The molecule has 0 aromatic heterocycles. The lowest BCUT2D eigenvalue weighted by atomic mass is 10.1. The maximum atomic E-state index is 12.6. The molecule has 0 radical (unpaired) electrons. The Labute approximate surface area is 86.8 Å². The van der Waals surface area contributed by atoms with Gasteiger partial charge < -0.3 is 9.47 Å². The summed E-state index contributed by atoms with van der Waals surface area (Å²) in [6.45, 7) is 1.79. The van der Waals surface area contributed by atoms with Gasteiger partial charge in [-0.1, -0.05) is 6.92 Å². The van der Waals surface area contributed by atoms with Crippen LogP contribution in [0.2, 0.25) is 0 Å². The fraction of sp³-hybridized carbons (Fsp3) is 0.364. The number of carbonyl (C=O) groups excluding carboxylic acids is 1. The molecule has 2 atom stereocenters. The molecule has 0 N–H and O–H groups in total. The van der Waals surface area contributed by atoms with Crippen LogP contribution in [0.1, 0.15) is 13.3 Å². The zero-order valence-corrected chi connectivity index (χ0v) is 8.27. The third-order valence-corrected chi connectivity index (χ3v) is 2.28. The van der Waals surface area contributed by atoms with Gasteiger partial charge in [-0.2, -0.15) is 0 Å². The number of esters is 1. The minimum Gasteiger partial charge on any atom is -0.455 e. The number of rotatable bonds is 2. The minimum atomic E-state index is -0.544. The SMILES string of the molecule is C[C@@H]1CC(Oc2ccc(F)cc2)OC1=O. The first-order valence-corrected chi connectivity index (χ1v) is 4.78. The summed E-state index contributed by atoms with van der Waals surface area (Å²) < 4.78 is 22.9. The zero-order chi connectivity index (χ0) is 10.8. The molecule has 1 saturated heterocycles. The van der Waals surface area contributed by atoms with E-state index in [0.717, 1.165) is 0 Å². The molecule has 0 spiro atoms. The van der Waals surface area contributed by atoms with Gasteiger partial charge in [0.05, 0.1) is 5.92 Å². The third-order valence-electron chi connectivity index (χ3n) is 2.28. The molecule has 1 fully saturated rings. The molecule has 0 amide bonds. The van der Waals surface area contributed by atoms with Crippen molar-refractivity contribution in [2.24, 2.45) is 5.92 Å². The van der Waals surface area contributed by atoms with E-state index in [-0.39, 0.29) is 17.7 Å². The van der Waals surface area contributed by atoms with Crippen LogP contribution < -0.4 is 4.74 Å². The normalized spacial score (nSPS) is 25.1. The van der Waals surface area contributed by atoms with Crippen LogP contribution in [-0.2, 0) is 9.53 Å². The fourth-order valence-electron chi connectivity index (χ4n) is 1.42. The molecule has 0 aliphatic carbocycles. The summed E-state index contributed by atoms with van der Waals surface area (Å²) >= 11 is 0. The van der Waals surface area contributed by atoms with Crippen LogP contribution in [-0.4, -0.2) is 12.3 Å². The van der Waals surface area contributed by atoms with E-state index in [2.05, 4.69) is 0 Å². The van der Waals surface area contributed by atoms with Crippen LogP contribution in [0.3, 0.4) is 0 Å². The quantitative estimate of drug-likeness (QED) is 0.701. The van der Waals surface area contributed by atoms with Gasteiger partial charge in [-0.05, 0) is 24.3 Å². The summed E-state index contributed by atoms with van der Waals surface area (Å²) in [5.41, 5.74) is 0. The van der Waals surface area contributed by atoms with E-state index in [1.165, 1.54) is 24.3 Å². The predicted octanol–water partition coefficient (Wildman–Crippen LogP) is 2.11. The number of hydrogen-bond acceptors (Lipinski definition) is 3. The Morgan fingerprint density at radius 1 is 1.40 bits per heavy atom. The number of carbonyl (C=O) groups is 1. The van der Waals surface area contributed by atoms with Gasteiger partial charge in [-0.15, -0.1) is 0 Å². The van der Waals surface area contributed by atoms with Gasteiger partial charge >= 0.3 is 5.97 Å². The summed E-state index contributed by atoms with van der Waals surface area (Å²) in [5.74, 6) is -0.194. The van der Waals surface area contributed by atoms with Gasteiger partial charge in [-0.25, -0.2) is 4.39 Å². The first-order valence-electron chi connectivity index (χ1n) is 4.78. The summed E-state index contributed by atoms with van der Waals surface area (Å²) in [7, 11) is 0. The fourth-order valence-corrected chi connectivity index (χ4v) is 1.42. The standard InChI is InChI=1S/C11H11FO3/c1-7-6-10(15-11(7)13)14-9-4-2-8(12)3-5-9/h2-5,7,10H,6H2,1H3/t7-,10?/m1/s1. The number of ether oxygens (including phenoxy) is 2. The Kier molecular flexibility index (Phi) is 2.58. The highest BCUT2D eigenvalue weighted by Crippen LogP contribution is 2.23. The van der Waals surface area contributed by atoms with Crippen molar-refractivity contribution < 1.29 is 18.7 Å². The molecule has 15 heavy (non-hydrogen) atoms. The molecule has 4 heteroatoms. The average Bonchev–Trinajstić information content (AvgIpc) is 2.50. The Bertz CT molecular complexity index is 361. The zero-order valence-electron chi connectivity index (χ0n) is 8.27. The second kappa shape index (κ2) is 3.88. The highest BCUT2D eigenvalue weighted by molar-refractivity contribution is 5.73. The van der Waals surface area contributed by atoms with Crippen molar-refractivity contribution in [3.05, 3.63) is 30.1 Å². The van der Waals surface area contributed by atoms with Crippen molar-refractivity contribution in [1.82, 2.24) is 0 Å². The van der Waals surface area contributed by atoms with Crippen molar-refractivity contribution in [3.8, 4) is 5.75 Å². The lowest BCUT2D eigenvalue weighted by Crippen LogP contribution is -2.15. The molecule has 1 aliphatic heterocycles. The summed E-state index contributed by atoms with van der Waals surface area (Å²) in [6.07, 6.45) is -0.00565. The molecule has 1 heterocycles. The topological polar surface area (TPSA) is 35.5 Å². The molecule has 0 saturated carbocycles. The van der Waals surface area contributed by atoms with Crippen molar-refractivity contribution in [2.75, 3.05) is 0 Å².